The predicted molar refractivity (Wildman–Crippen MR) is 47.1 cm³/mol. The van der Waals surface area contributed by atoms with Crippen molar-refractivity contribution >= 4 is 14.1 Å². The van der Waals surface area contributed by atoms with E-state index in [1.54, 1.807) is 6.07 Å². The van der Waals surface area contributed by atoms with Crippen LogP contribution < -0.4 is 5.19 Å². The predicted octanol–water partition coefficient (Wildman–Crippen LogP) is -0.202. The molecular formula is C8H5NO2Si. The zero-order chi connectivity index (χ0) is 8.55. The molecule has 12 heavy (non-hydrogen) atoms. The number of fused-ring (bicyclic) bond motifs is 1. The second-order valence-corrected chi connectivity index (χ2v) is 4.68. The standard InChI is InChI=1S/C8H5NO2Si/c10-9(11)12-6-5-7-3-1-2-4-8(7)12/h1-4,12H. The van der Waals surface area contributed by atoms with E-state index in [2.05, 4.69) is 11.5 Å². The van der Waals surface area contributed by atoms with Gasteiger partial charge < -0.3 is 0 Å². The third-order valence-electron chi connectivity index (χ3n) is 1.81. The molecule has 0 bridgehead atoms. The quantitative estimate of drug-likeness (QED) is 0.257. The van der Waals surface area contributed by atoms with Crippen LogP contribution >= 0.6 is 0 Å². The van der Waals surface area contributed by atoms with Crippen LogP contribution in [0.4, 0.5) is 0 Å². The summed E-state index contributed by atoms with van der Waals surface area (Å²) in [6, 6.07) is 7.29. The van der Waals surface area contributed by atoms with Crippen molar-refractivity contribution in [1.29, 1.82) is 0 Å². The van der Waals surface area contributed by atoms with Crippen LogP contribution in [0, 0.1) is 21.6 Å². The highest BCUT2D eigenvalue weighted by atomic mass is 28.3. The van der Waals surface area contributed by atoms with Gasteiger partial charge in [0.2, 0.25) is 0 Å². The van der Waals surface area contributed by atoms with Gasteiger partial charge in [0, 0.05) is 10.8 Å². The SMILES string of the molecule is O=[N+]([O-])[SiH]1C#Cc2ccccc21. The first-order valence-corrected chi connectivity index (χ1v) is 5.20. The lowest BCUT2D eigenvalue weighted by Crippen LogP contribution is -2.36. The molecule has 0 aromatic heterocycles. The summed E-state index contributed by atoms with van der Waals surface area (Å²) >= 11 is 0. The molecule has 0 saturated carbocycles. The van der Waals surface area contributed by atoms with Crippen molar-refractivity contribution in [3.63, 3.8) is 0 Å². The van der Waals surface area contributed by atoms with Crippen molar-refractivity contribution in [1.82, 2.24) is 0 Å². The Hall–Kier alpha value is -1.60. The molecule has 0 fully saturated rings. The van der Waals surface area contributed by atoms with E-state index in [-0.39, 0.29) is 4.59 Å². The Kier molecular flexibility index (Phi) is 1.45. The molecule has 0 amide bonds. The fraction of sp³-hybridized carbons (Fsp3) is 0. The molecule has 4 heteroatoms. The molecule has 1 aromatic rings. The second kappa shape index (κ2) is 2.46. The average molecular weight is 175 g/mol. The fourth-order valence-corrected chi connectivity index (χ4v) is 2.78. The summed E-state index contributed by atoms with van der Waals surface area (Å²) in [6.07, 6.45) is 0. The van der Waals surface area contributed by atoms with Crippen molar-refractivity contribution in [3.8, 4) is 11.5 Å². The Bertz CT molecular complexity index is 405. The zero-order valence-corrected chi connectivity index (χ0v) is 7.31. The second-order valence-electron chi connectivity index (χ2n) is 2.54. The normalized spacial score (nSPS) is 17.8. The summed E-state index contributed by atoms with van der Waals surface area (Å²) in [5, 5.41) is 11.4. The van der Waals surface area contributed by atoms with Crippen LogP contribution in [-0.4, -0.2) is 13.5 Å². The van der Waals surface area contributed by atoms with E-state index in [1.807, 2.05) is 18.2 Å². The molecule has 0 saturated heterocycles. The van der Waals surface area contributed by atoms with Crippen LogP contribution in [0.3, 0.4) is 0 Å². The van der Waals surface area contributed by atoms with Gasteiger partial charge in [0.25, 0.3) is 0 Å². The van der Waals surface area contributed by atoms with Crippen LogP contribution in [0.5, 0.6) is 0 Å². The van der Waals surface area contributed by atoms with Gasteiger partial charge in [-0.3, -0.25) is 10.1 Å². The zero-order valence-electron chi connectivity index (χ0n) is 6.15. The molecule has 1 aliphatic heterocycles. The average Bonchev–Trinajstić information content (AvgIpc) is 2.47. The molecule has 58 valence electrons. The van der Waals surface area contributed by atoms with Crippen LogP contribution in [0.2, 0.25) is 0 Å². The highest BCUT2D eigenvalue weighted by Crippen LogP contribution is 2.02. The largest absolute Gasteiger partial charge is 0.523 e. The van der Waals surface area contributed by atoms with Crippen LogP contribution in [-0.2, 0) is 0 Å². The molecule has 1 atom stereocenters. The van der Waals surface area contributed by atoms with Gasteiger partial charge in [-0.05, 0) is 16.2 Å². The number of hydrogen-bond donors (Lipinski definition) is 0. The van der Waals surface area contributed by atoms with E-state index in [4.69, 9.17) is 0 Å². The first-order valence-electron chi connectivity index (χ1n) is 3.53. The molecular weight excluding hydrogens is 170 g/mol. The van der Waals surface area contributed by atoms with E-state index < -0.39 is 8.96 Å². The summed E-state index contributed by atoms with van der Waals surface area (Å²) in [6.45, 7) is 0. The third kappa shape index (κ3) is 0.916. The van der Waals surface area contributed by atoms with Gasteiger partial charge in [-0.15, -0.1) is 0 Å². The van der Waals surface area contributed by atoms with E-state index in [9.17, 15) is 10.1 Å². The van der Waals surface area contributed by atoms with Gasteiger partial charge >= 0.3 is 8.96 Å². The van der Waals surface area contributed by atoms with Crippen LogP contribution in [0.15, 0.2) is 24.3 Å². The molecule has 3 nitrogen and oxygen atoms in total. The van der Waals surface area contributed by atoms with Gasteiger partial charge in [0.05, 0.1) is 0 Å². The van der Waals surface area contributed by atoms with Gasteiger partial charge in [-0.2, -0.15) is 0 Å². The number of rotatable bonds is 1. The topological polar surface area (TPSA) is 43.1 Å². The smallest absolute Gasteiger partial charge is 0.288 e. The highest BCUT2D eigenvalue weighted by Gasteiger charge is 2.31. The Balaban J connectivity index is 2.51. The molecule has 0 N–H and O–H groups in total. The lowest BCUT2D eigenvalue weighted by atomic mass is 10.2. The summed E-state index contributed by atoms with van der Waals surface area (Å²) in [4.78, 5) is 10.5. The number of nitrogens with zero attached hydrogens (tertiary/aromatic N) is 1. The maximum atomic E-state index is 10.5. The number of nitro groups is 1. The Labute approximate surface area is 70.9 Å². The lowest BCUT2D eigenvalue weighted by molar-refractivity contribution is -0.325. The molecule has 2 rings (SSSR count). The monoisotopic (exact) mass is 175 g/mol. The molecule has 0 aliphatic carbocycles. The van der Waals surface area contributed by atoms with Gasteiger partial charge in [0.1, 0.15) is 0 Å². The first kappa shape index (κ1) is 7.07. The van der Waals surface area contributed by atoms with E-state index in [1.165, 1.54) is 0 Å². The molecule has 1 aromatic carbocycles. The third-order valence-corrected chi connectivity index (χ3v) is 3.74. The van der Waals surface area contributed by atoms with Gasteiger partial charge in [0.15, 0.2) is 0 Å². The summed E-state index contributed by atoms with van der Waals surface area (Å²) < 4.78 is -0.223. The van der Waals surface area contributed by atoms with Crippen LogP contribution in [0.25, 0.3) is 0 Å². The van der Waals surface area contributed by atoms with Gasteiger partial charge in [-0.1, -0.05) is 24.1 Å². The van der Waals surface area contributed by atoms with E-state index in [0.717, 1.165) is 10.8 Å². The van der Waals surface area contributed by atoms with Gasteiger partial charge in [-0.25, -0.2) is 0 Å². The first-order chi connectivity index (χ1) is 5.79. The van der Waals surface area contributed by atoms with Crippen molar-refractivity contribution in [2.24, 2.45) is 0 Å². The van der Waals surface area contributed by atoms with Crippen molar-refractivity contribution in [2.75, 3.05) is 0 Å². The van der Waals surface area contributed by atoms with Crippen molar-refractivity contribution in [2.45, 2.75) is 0 Å². The Morgan fingerprint density at radius 2 is 2.17 bits per heavy atom. The Morgan fingerprint density at radius 1 is 1.42 bits per heavy atom. The maximum absolute atomic E-state index is 10.5. The lowest BCUT2D eigenvalue weighted by Gasteiger charge is -1.97. The highest BCUT2D eigenvalue weighted by molar-refractivity contribution is 6.75. The van der Waals surface area contributed by atoms with Crippen molar-refractivity contribution in [3.05, 3.63) is 39.9 Å². The van der Waals surface area contributed by atoms with Crippen molar-refractivity contribution < 1.29 is 4.59 Å². The molecule has 1 unspecified atom stereocenters. The minimum atomic E-state index is -2.19. The molecule has 0 radical (unpaired) electrons. The number of benzene rings is 1. The fourth-order valence-electron chi connectivity index (χ4n) is 1.24. The summed E-state index contributed by atoms with van der Waals surface area (Å²) in [5.74, 6) is 2.80. The summed E-state index contributed by atoms with van der Waals surface area (Å²) in [5.41, 5.74) is 3.55. The molecule has 1 aliphatic rings. The number of hydrogen-bond acceptors (Lipinski definition) is 2. The Morgan fingerprint density at radius 3 is 2.92 bits per heavy atom. The molecule has 0 spiro atoms. The maximum Gasteiger partial charge on any atom is 0.523 e. The minimum absolute atomic E-state index is 0.223. The molecule has 1 heterocycles. The van der Waals surface area contributed by atoms with Crippen LogP contribution in [0.1, 0.15) is 5.56 Å². The summed E-state index contributed by atoms with van der Waals surface area (Å²) in [7, 11) is -2.19. The van der Waals surface area contributed by atoms with E-state index in [0.29, 0.717) is 0 Å². The van der Waals surface area contributed by atoms with E-state index >= 15 is 0 Å². The minimum Gasteiger partial charge on any atom is -0.288 e.